The van der Waals surface area contributed by atoms with Gasteiger partial charge < -0.3 is 5.73 Å². The summed E-state index contributed by atoms with van der Waals surface area (Å²) in [6.45, 7) is 3.77. The van der Waals surface area contributed by atoms with E-state index in [1.807, 2.05) is 0 Å². The zero-order chi connectivity index (χ0) is 14.0. The summed E-state index contributed by atoms with van der Waals surface area (Å²) in [5, 5.41) is 1.48. The Morgan fingerprint density at radius 2 is 2.26 bits per heavy atom. The molecule has 2 N–H and O–H groups in total. The second-order valence-electron chi connectivity index (χ2n) is 4.91. The van der Waals surface area contributed by atoms with Gasteiger partial charge >= 0.3 is 0 Å². The van der Waals surface area contributed by atoms with Gasteiger partial charge in [0.05, 0.1) is 16.6 Å². The lowest BCUT2D eigenvalue weighted by Gasteiger charge is -2.17. The molecule has 19 heavy (non-hydrogen) atoms. The Bertz CT molecular complexity index is 565. The van der Waals surface area contributed by atoms with Gasteiger partial charge in [-0.2, -0.15) is 0 Å². The van der Waals surface area contributed by atoms with Crippen molar-refractivity contribution >= 4 is 27.1 Å². The fourth-order valence-corrected chi connectivity index (χ4v) is 4.38. The third kappa shape index (κ3) is 3.55. The normalized spacial score (nSPS) is 23.9. The standard InChI is InChI=1S/C12H18N2O3S2/c1-9-2-3-14(4-5-19(9,16)17)7-11-6-10(8-18-11)12(13)15/h6,8-9H,2-5,7H2,1H3,(H2,13,15). The highest BCUT2D eigenvalue weighted by atomic mass is 32.2. The zero-order valence-corrected chi connectivity index (χ0v) is 12.5. The van der Waals surface area contributed by atoms with Gasteiger partial charge in [-0.25, -0.2) is 8.42 Å². The van der Waals surface area contributed by atoms with E-state index in [0.29, 0.717) is 25.1 Å². The molecular weight excluding hydrogens is 284 g/mol. The van der Waals surface area contributed by atoms with Crippen molar-refractivity contribution in [2.75, 3.05) is 18.8 Å². The molecule has 0 radical (unpaired) electrons. The van der Waals surface area contributed by atoms with E-state index in [2.05, 4.69) is 4.90 Å². The molecule has 7 heteroatoms. The number of thiophene rings is 1. The molecule has 2 heterocycles. The molecule has 2 rings (SSSR count). The fraction of sp³-hybridized carbons (Fsp3) is 0.583. The van der Waals surface area contributed by atoms with E-state index in [-0.39, 0.29) is 11.0 Å². The summed E-state index contributed by atoms with van der Waals surface area (Å²) in [5.41, 5.74) is 5.74. The van der Waals surface area contributed by atoms with Crippen LogP contribution in [0.5, 0.6) is 0 Å². The molecule has 0 spiro atoms. The highest BCUT2D eigenvalue weighted by Crippen LogP contribution is 2.19. The summed E-state index contributed by atoms with van der Waals surface area (Å²) in [7, 11) is -2.94. The number of carbonyl (C=O) groups excluding carboxylic acids is 1. The zero-order valence-electron chi connectivity index (χ0n) is 10.8. The Morgan fingerprint density at radius 3 is 2.89 bits per heavy atom. The molecule has 0 aromatic carbocycles. The van der Waals surface area contributed by atoms with E-state index in [0.717, 1.165) is 11.4 Å². The van der Waals surface area contributed by atoms with Crippen LogP contribution in [-0.2, 0) is 16.4 Å². The number of amides is 1. The molecule has 1 atom stereocenters. The van der Waals surface area contributed by atoms with E-state index in [1.54, 1.807) is 18.4 Å². The van der Waals surface area contributed by atoms with Crippen LogP contribution in [0, 0.1) is 0 Å². The summed E-state index contributed by atoms with van der Waals surface area (Å²) in [4.78, 5) is 14.2. The first-order chi connectivity index (χ1) is 8.88. The maximum absolute atomic E-state index is 11.8. The first-order valence-electron chi connectivity index (χ1n) is 6.19. The summed E-state index contributed by atoms with van der Waals surface area (Å²) >= 11 is 1.49. The van der Waals surface area contributed by atoms with Gasteiger partial charge in [-0.05, 0) is 26.0 Å². The second kappa shape index (κ2) is 5.60. The molecular formula is C12H18N2O3S2. The molecule has 1 aliphatic heterocycles. The van der Waals surface area contributed by atoms with Crippen LogP contribution >= 0.6 is 11.3 Å². The van der Waals surface area contributed by atoms with Crippen molar-refractivity contribution in [3.63, 3.8) is 0 Å². The third-order valence-electron chi connectivity index (χ3n) is 3.47. The molecule has 1 aliphatic rings. The van der Waals surface area contributed by atoms with Crippen molar-refractivity contribution < 1.29 is 13.2 Å². The lowest BCUT2D eigenvalue weighted by Crippen LogP contribution is -2.26. The summed E-state index contributed by atoms with van der Waals surface area (Å²) in [5.74, 6) is -0.211. The van der Waals surface area contributed by atoms with Gasteiger partial charge in [-0.3, -0.25) is 9.69 Å². The second-order valence-corrected chi connectivity index (χ2v) is 8.44. The fourth-order valence-electron chi connectivity index (χ4n) is 2.08. The van der Waals surface area contributed by atoms with Gasteiger partial charge in [0.2, 0.25) is 5.91 Å². The number of sulfone groups is 1. The van der Waals surface area contributed by atoms with Gasteiger partial charge in [0, 0.05) is 23.3 Å². The monoisotopic (exact) mass is 302 g/mol. The number of carbonyl (C=O) groups is 1. The lowest BCUT2D eigenvalue weighted by atomic mass is 10.2. The molecule has 0 saturated carbocycles. The quantitative estimate of drug-likeness (QED) is 0.898. The van der Waals surface area contributed by atoms with Crippen LogP contribution in [0.25, 0.3) is 0 Å². The third-order valence-corrected chi connectivity index (χ3v) is 6.61. The van der Waals surface area contributed by atoms with Crippen LogP contribution in [0.15, 0.2) is 11.4 Å². The Labute approximate surface area is 117 Å². The van der Waals surface area contributed by atoms with E-state index in [1.165, 1.54) is 11.3 Å². The predicted molar refractivity (Wildman–Crippen MR) is 76.0 cm³/mol. The average Bonchev–Trinajstić information content (AvgIpc) is 2.76. The van der Waals surface area contributed by atoms with Crippen molar-refractivity contribution in [3.05, 3.63) is 21.9 Å². The molecule has 106 valence electrons. The minimum atomic E-state index is -2.94. The molecule has 1 amide bonds. The Balaban J connectivity index is 2.01. The van der Waals surface area contributed by atoms with E-state index in [4.69, 9.17) is 5.73 Å². The summed E-state index contributed by atoms with van der Waals surface area (Å²) < 4.78 is 23.6. The van der Waals surface area contributed by atoms with Gasteiger partial charge in [0.15, 0.2) is 9.84 Å². The smallest absolute Gasteiger partial charge is 0.249 e. The molecule has 1 fully saturated rings. The highest BCUT2D eigenvalue weighted by Gasteiger charge is 2.26. The van der Waals surface area contributed by atoms with Crippen LogP contribution in [0.3, 0.4) is 0 Å². The van der Waals surface area contributed by atoms with Gasteiger partial charge in [0.1, 0.15) is 0 Å². The van der Waals surface area contributed by atoms with Crippen molar-refractivity contribution in [2.24, 2.45) is 5.73 Å². The summed E-state index contributed by atoms with van der Waals surface area (Å²) in [6.07, 6.45) is 0.663. The van der Waals surface area contributed by atoms with Gasteiger partial charge in [0.25, 0.3) is 0 Å². The van der Waals surface area contributed by atoms with E-state index in [9.17, 15) is 13.2 Å². The molecule has 0 aliphatic carbocycles. The average molecular weight is 302 g/mol. The topological polar surface area (TPSA) is 80.5 Å². The number of hydrogen-bond acceptors (Lipinski definition) is 5. The Morgan fingerprint density at radius 1 is 1.53 bits per heavy atom. The van der Waals surface area contributed by atoms with Crippen LogP contribution in [0.1, 0.15) is 28.6 Å². The van der Waals surface area contributed by atoms with Crippen LogP contribution in [0.4, 0.5) is 0 Å². The largest absolute Gasteiger partial charge is 0.366 e. The molecule has 1 unspecified atom stereocenters. The van der Waals surface area contributed by atoms with Crippen molar-refractivity contribution in [2.45, 2.75) is 25.1 Å². The van der Waals surface area contributed by atoms with Crippen LogP contribution in [0.2, 0.25) is 0 Å². The molecule has 0 bridgehead atoms. The van der Waals surface area contributed by atoms with Crippen molar-refractivity contribution in [1.82, 2.24) is 4.90 Å². The maximum atomic E-state index is 11.8. The Kier molecular flexibility index (Phi) is 4.27. The molecule has 1 aromatic heterocycles. The highest BCUT2D eigenvalue weighted by molar-refractivity contribution is 7.92. The molecule has 1 saturated heterocycles. The number of nitrogens with zero attached hydrogens (tertiary/aromatic N) is 1. The van der Waals surface area contributed by atoms with Gasteiger partial charge in [-0.15, -0.1) is 11.3 Å². The Hall–Kier alpha value is -0.920. The predicted octanol–water partition coefficient (Wildman–Crippen LogP) is 0.856. The van der Waals surface area contributed by atoms with Crippen LogP contribution < -0.4 is 5.73 Å². The number of rotatable bonds is 3. The number of primary amides is 1. The van der Waals surface area contributed by atoms with E-state index >= 15 is 0 Å². The summed E-state index contributed by atoms with van der Waals surface area (Å²) in [6, 6.07) is 1.79. The van der Waals surface area contributed by atoms with E-state index < -0.39 is 15.7 Å². The van der Waals surface area contributed by atoms with Crippen LogP contribution in [-0.4, -0.2) is 43.3 Å². The first-order valence-corrected chi connectivity index (χ1v) is 8.79. The molecule has 5 nitrogen and oxygen atoms in total. The lowest BCUT2D eigenvalue weighted by molar-refractivity contribution is 0.100. The maximum Gasteiger partial charge on any atom is 0.249 e. The minimum Gasteiger partial charge on any atom is -0.366 e. The number of hydrogen-bond donors (Lipinski definition) is 1. The van der Waals surface area contributed by atoms with Crippen molar-refractivity contribution in [3.8, 4) is 0 Å². The number of nitrogens with two attached hydrogens (primary N) is 1. The van der Waals surface area contributed by atoms with Crippen molar-refractivity contribution in [1.29, 1.82) is 0 Å². The minimum absolute atomic E-state index is 0.211. The molecule has 1 aromatic rings. The van der Waals surface area contributed by atoms with Gasteiger partial charge in [-0.1, -0.05) is 0 Å². The first kappa shape index (κ1) is 14.5. The SMILES string of the molecule is CC1CCN(Cc2cc(C(N)=O)cs2)CCS1(=O)=O.